The number of nitrogens with zero attached hydrogens (tertiary/aromatic N) is 2. The number of sulfone groups is 1. The topological polar surface area (TPSA) is 115 Å². The number of hydrogen-bond acceptors (Lipinski definition) is 7. The second-order valence-corrected chi connectivity index (χ2v) is 9.12. The lowest BCUT2D eigenvalue weighted by atomic mass is 10.1. The number of hydrogen-bond donors (Lipinski definition) is 2. The fourth-order valence-corrected chi connectivity index (χ4v) is 3.73. The summed E-state index contributed by atoms with van der Waals surface area (Å²) in [5.74, 6) is -0.338. The van der Waals surface area contributed by atoms with E-state index in [1.54, 1.807) is 12.1 Å². The van der Waals surface area contributed by atoms with Crippen molar-refractivity contribution in [3.05, 3.63) is 58.1 Å². The third-order valence-corrected chi connectivity index (χ3v) is 6.11. The van der Waals surface area contributed by atoms with Gasteiger partial charge in [-0.3, -0.25) is 4.79 Å². The van der Waals surface area contributed by atoms with Gasteiger partial charge in [0.25, 0.3) is 5.91 Å². The van der Waals surface area contributed by atoms with Gasteiger partial charge in [0.15, 0.2) is 9.84 Å². The van der Waals surface area contributed by atoms with E-state index in [2.05, 4.69) is 22.1 Å². The monoisotopic (exact) mass is 406 g/mol. The number of carbonyl (C=O) groups is 1. The van der Waals surface area contributed by atoms with E-state index in [4.69, 9.17) is 5.73 Å². The quantitative estimate of drug-likeness (QED) is 0.533. The van der Waals surface area contributed by atoms with Gasteiger partial charge in [-0.1, -0.05) is 30.5 Å². The van der Waals surface area contributed by atoms with Gasteiger partial charge in [-0.2, -0.15) is 5.10 Å². The maximum absolute atomic E-state index is 12.3. The molecule has 0 bridgehead atoms. The van der Waals surface area contributed by atoms with Gasteiger partial charge >= 0.3 is 0 Å². The van der Waals surface area contributed by atoms with Crippen LogP contribution >= 0.6 is 11.8 Å². The summed E-state index contributed by atoms with van der Waals surface area (Å²) in [6.07, 6.45) is 1.15. The second-order valence-electron chi connectivity index (χ2n) is 6.02. The number of aromatic nitrogens is 2. The lowest BCUT2D eigenvalue weighted by molar-refractivity contribution is -0.116. The average Bonchev–Trinajstić information content (AvgIpc) is 2.62. The SMILES string of the molecule is C=C(Sc1nnc(C)c(C)c1CN)C(=O)NCc1ccc(S(C)(=O)=O)cc1. The van der Waals surface area contributed by atoms with Gasteiger partial charge in [0.05, 0.1) is 15.5 Å². The zero-order chi connectivity index (χ0) is 20.2. The normalized spacial score (nSPS) is 11.3. The van der Waals surface area contributed by atoms with E-state index in [1.165, 1.54) is 12.1 Å². The second kappa shape index (κ2) is 8.64. The molecule has 144 valence electrons. The zero-order valence-electron chi connectivity index (χ0n) is 15.4. The summed E-state index contributed by atoms with van der Waals surface area (Å²) in [6.45, 7) is 8.12. The first-order chi connectivity index (χ1) is 12.6. The Morgan fingerprint density at radius 3 is 2.41 bits per heavy atom. The molecule has 3 N–H and O–H groups in total. The van der Waals surface area contributed by atoms with Crippen molar-refractivity contribution in [1.82, 2.24) is 15.5 Å². The number of nitrogens with two attached hydrogens (primary N) is 1. The summed E-state index contributed by atoms with van der Waals surface area (Å²) in [7, 11) is -3.24. The molecule has 0 aliphatic heterocycles. The molecule has 0 spiro atoms. The molecule has 1 aromatic carbocycles. The molecule has 1 heterocycles. The molecule has 1 amide bonds. The molecule has 2 rings (SSSR count). The van der Waals surface area contributed by atoms with Crippen LogP contribution in [-0.4, -0.2) is 30.8 Å². The van der Waals surface area contributed by atoms with Crippen molar-refractivity contribution in [3.8, 4) is 0 Å². The maximum atomic E-state index is 12.3. The van der Waals surface area contributed by atoms with Crippen LogP contribution in [0.2, 0.25) is 0 Å². The lowest BCUT2D eigenvalue weighted by Crippen LogP contribution is -2.23. The fourth-order valence-electron chi connectivity index (χ4n) is 2.26. The summed E-state index contributed by atoms with van der Waals surface area (Å²) >= 11 is 1.13. The highest BCUT2D eigenvalue weighted by molar-refractivity contribution is 8.04. The van der Waals surface area contributed by atoms with Crippen molar-refractivity contribution in [2.45, 2.75) is 36.9 Å². The molecule has 0 fully saturated rings. The fraction of sp³-hybridized carbons (Fsp3) is 0.278. The van der Waals surface area contributed by atoms with Crippen molar-refractivity contribution in [1.29, 1.82) is 0 Å². The predicted octanol–water partition coefficient (Wildman–Crippen LogP) is 1.88. The Balaban J connectivity index is 2.01. The molecule has 27 heavy (non-hydrogen) atoms. The molecule has 0 unspecified atom stereocenters. The van der Waals surface area contributed by atoms with Gasteiger partial charge in [-0.25, -0.2) is 8.42 Å². The zero-order valence-corrected chi connectivity index (χ0v) is 17.1. The third-order valence-electron chi connectivity index (χ3n) is 4.03. The van der Waals surface area contributed by atoms with Crippen molar-refractivity contribution in [2.75, 3.05) is 6.26 Å². The van der Waals surface area contributed by atoms with Crippen LogP contribution in [0.15, 0.2) is 45.7 Å². The molecule has 0 radical (unpaired) electrons. The molecular weight excluding hydrogens is 384 g/mol. The van der Waals surface area contributed by atoms with E-state index in [-0.39, 0.29) is 22.3 Å². The highest BCUT2D eigenvalue weighted by atomic mass is 32.2. The Bertz CT molecular complexity index is 971. The number of thioether (sulfide) groups is 1. The van der Waals surface area contributed by atoms with Crippen LogP contribution in [0.25, 0.3) is 0 Å². The Morgan fingerprint density at radius 1 is 1.22 bits per heavy atom. The van der Waals surface area contributed by atoms with Gasteiger partial charge < -0.3 is 11.1 Å². The van der Waals surface area contributed by atoms with Gasteiger partial charge in [-0.15, -0.1) is 5.10 Å². The number of nitrogens with one attached hydrogen (secondary N) is 1. The van der Waals surface area contributed by atoms with Crippen molar-refractivity contribution in [3.63, 3.8) is 0 Å². The Labute approximate surface area is 163 Å². The minimum Gasteiger partial charge on any atom is -0.348 e. The summed E-state index contributed by atoms with van der Waals surface area (Å²) < 4.78 is 22.9. The molecule has 0 aliphatic carbocycles. The average molecular weight is 407 g/mol. The van der Waals surface area contributed by atoms with Crippen LogP contribution in [0.4, 0.5) is 0 Å². The largest absolute Gasteiger partial charge is 0.348 e. The molecule has 7 nitrogen and oxygen atoms in total. The van der Waals surface area contributed by atoms with Crippen LogP contribution in [0.3, 0.4) is 0 Å². The maximum Gasteiger partial charge on any atom is 0.257 e. The van der Waals surface area contributed by atoms with Crippen molar-refractivity contribution >= 4 is 27.5 Å². The predicted molar refractivity (Wildman–Crippen MR) is 106 cm³/mol. The number of benzene rings is 1. The molecule has 9 heteroatoms. The number of rotatable bonds is 7. The summed E-state index contributed by atoms with van der Waals surface area (Å²) in [5, 5.41) is 11.5. The molecule has 0 saturated carbocycles. The summed E-state index contributed by atoms with van der Waals surface area (Å²) in [5.41, 5.74) is 9.17. The molecule has 1 aromatic heterocycles. The van der Waals surface area contributed by atoms with Crippen LogP contribution < -0.4 is 11.1 Å². The summed E-state index contributed by atoms with van der Waals surface area (Å²) in [4.78, 5) is 12.8. The lowest BCUT2D eigenvalue weighted by Gasteiger charge is -2.12. The van der Waals surface area contributed by atoms with E-state index < -0.39 is 9.84 Å². The number of aryl methyl sites for hydroxylation is 1. The van der Waals surface area contributed by atoms with Crippen molar-refractivity contribution in [2.24, 2.45) is 5.73 Å². The van der Waals surface area contributed by atoms with Gasteiger partial charge in [-0.05, 0) is 37.1 Å². The molecular formula is C18H22N4O3S2. The highest BCUT2D eigenvalue weighted by Gasteiger charge is 2.15. The van der Waals surface area contributed by atoms with Gasteiger partial charge in [0, 0.05) is 24.9 Å². The van der Waals surface area contributed by atoms with E-state index >= 15 is 0 Å². The van der Waals surface area contributed by atoms with Crippen LogP contribution in [0.5, 0.6) is 0 Å². The van der Waals surface area contributed by atoms with E-state index in [1.807, 2.05) is 13.8 Å². The minimum atomic E-state index is -3.24. The Kier molecular flexibility index (Phi) is 6.74. The van der Waals surface area contributed by atoms with E-state index in [0.29, 0.717) is 11.6 Å². The van der Waals surface area contributed by atoms with Crippen LogP contribution in [-0.2, 0) is 27.7 Å². The van der Waals surface area contributed by atoms with Crippen LogP contribution in [0.1, 0.15) is 22.4 Å². The first kappa shape index (κ1) is 21.1. The number of carbonyl (C=O) groups excluding carboxylic acids is 1. The van der Waals surface area contributed by atoms with Crippen molar-refractivity contribution < 1.29 is 13.2 Å². The Hall–Kier alpha value is -2.23. The first-order valence-electron chi connectivity index (χ1n) is 8.10. The molecule has 2 aromatic rings. The third kappa shape index (κ3) is 5.38. The molecule has 0 saturated heterocycles. The highest BCUT2D eigenvalue weighted by Crippen LogP contribution is 2.28. The smallest absolute Gasteiger partial charge is 0.257 e. The first-order valence-corrected chi connectivity index (χ1v) is 10.8. The molecule has 0 atom stereocenters. The van der Waals surface area contributed by atoms with Gasteiger partial charge in [0.1, 0.15) is 5.03 Å². The Morgan fingerprint density at radius 2 is 1.85 bits per heavy atom. The van der Waals surface area contributed by atoms with E-state index in [9.17, 15) is 13.2 Å². The van der Waals surface area contributed by atoms with Gasteiger partial charge in [0.2, 0.25) is 0 Å². The van der Waals surface area contributed by atoms with Crippen LogP contribution in [0, 0.1) is 13.8 Å². The molecule has 0 aliphatic rings. The van der Waals surface area contributed by atoms with E-state index in [0.717, 1.165) is 40.4 Å². The number of amides is 1. The standard InChI is InChI=1S/C18H22N4O3S2/c1-11-12(2)21-22-18(16(11)9-19)26-13(3)17(23)20-10-14-5-7-15(8-6-14)27(4,24)25/h5-8H,3,9-10,19H2,1-2,4H3,(H,20,23). The minimum absolute atomic E-state index is 0.236. The summed E-state index contributed by atoms with van der Waals surface area (Å²) in [6, 6.07) is 6.35.